The van der Waals surface area contributed by atoms with Gasteiger partial charge < -0.3 is 4.74 Å². The summed E-state index contributed by atoms with van der Waals surface area (Å²) in [5.74, 6) is 3.94. The molecule has 3 unspecified atom stereocenters. The van der Waals surface area contributed by atoms with Gasteiger partial charge in [-0.15, -0.1) is 0 Å². The molecule has 0 N–H and O–H groups in total. The van der Waals surface area contributed by atoms with Crippen molar-refractivity contribution in [1.29, 1.82) is 0 Å². The number of fused-ring (bicyclic) bond motifs is 1. The van der Waals surface area contributed by atoms with Crippen molar-refractivity contribution >= 4 is 15.9 Å². The topological polar surface area (TPSA) is 9.23 Å². The number of methoxy groups -OCH3 is 1. The summed E-state index contributed by atoms with van der Waals surface area (Å²) in [5, 5.41) is 0. The van der Waals surface area contributed by atoms with Crippen LogP contribution >= 0.6 is 15.9 Å². The van der Waals surface area contributed by atoms with Crippen LogP contribution in [0.2, 0.25) is 0 Å². The van der Waals surface area contributed by atoms with Crippen LogP contribution in [0.5, 0.6) is 5.75 Å². The second kappa shape index (κ2) is 4.31. The maximum Gasteiger partial charge on any atom is 0.121 e. The first-order chi connectivity index (χ1) is 8.19. The lowest BCUT2D eigenvalue weighted by molar-refractivity contribution is 0.411. The van der Waals surface area contributed by atoms with Crippen LogP contribution in [0.15, 0.2) is 18.2 Å². The molecule has 0 saturated heterocycles. The average molecular weight is 295 g/mol. The number of halogens is 1. The van der Waals surface area contributed by atoms with Gasteiger partial charge in [0.2, 0.25) is 0 Å². The maximum absolute atomic E-state index is 5.31. The zero-order valence-electron chi connectivity index (χ0n) is 10.4. The zero-order valence-corrected chi connectivity index (χ0v) is 12.0. The molecule has 1 nitrogen and oxygen atoms in total. The predicted molar refractivity (Wildman–Crippen MR) is 73.7 cm³/mol. The first kappa shape index (κ1) is 11.6. The van der Waals surface area contributed by atoms with Crippen LogP contribution in [0, 0.1) is 24.7 Å². The lowest BCUT2D eigenvalue weighted by Gasteiger charge is -2.20. The van der Waals surface area contributed by atoms with E-state index in [1.165, 1.54) is 30.4 Å². The summed E-state index contributed by atoms with van der Waals surface area (Å²) in [6.45, 7) is 2.12. The fraction of sp³-hybridized carbons (Fsp3) is 0.600. The molecule has 1 aromatic rings. The number of benzene rings is 1. The molecule has 0 spiro atoms. The molecule has 2 aliphatic carbocycles. The molecule has 0 aliphatic heterocycles. The van der Waals surface area contributed by atoms with E-state index in [9.17, 15) is 0 Å². The van der Waals surface area contributed by atoms with E-state index in [-0.39, 0.29) is 0 Å². The fourth-order valence-electron chi connectivity index (χ4n) is 3.35. The molecule has 0 heterocycles. The highest BCUT2D eigenvalue weighted by molar-refractivity contribution is 9.09. The molecule has 0 amide bonds. The van der Waals surface area contributed by atoms with E-state index >= 15 is 0 Å². The lowest BCUT2D eigenvalue weighted by atomic mass is 9.94. The number of alkyl halides is 1. The van der Waals surface area contributed by atoms with E-state index in [0.717, 1.165) is 23.5 Å². The lowest BCUT2D eigenvalue weighted by Crippen LogP contribution is -2.06. The summed E-state index contributed by atoms with van der Waals surface area (Å²) in [6, 6.07) is 6.56. The van der Waals surface area contributed by atoms with Gasteiger partial charge in [0.15, 0.2) is 0 Å². The monoisotopic (exact) mass is 294 g/mol. The van der Waals surface area contributed by atoms with Crippen LogP contribution in [0.1, 0.15) is 35.2 Å². The summed E-state index contributed by atoms with van der Waals surface area (Å²) in [5.41, 5.74) is 2.65. The van der Waals surface area contributed by atoms with Crippen molar-refractivity contribution in [3.05, 3.63) is 29.3 Å². The van der Waals surface area contributed by atoms with Crippen LogP contribution in [0.25, 0.3) is 0 Å². The molecule has 2 aliphatic rings. The van der Waals surface area contributed by atoms with Crippen molar-refractivity contribution in [3.63, 3.8) is 0 Å². The van der Waals surface area contributed by atoms with Gasteiger partial charge in [-0.25, -0.2) is 0 Å². The largest absolute Gasteiger partial charge is 0.496 e. The molecule has 2 saturated carbocycles. The molecule has 3 rings (SSSR count). The molecule has 17 heavy (non-hydrogen) atoms. The van der Waals surface area contributed by atoms with Crippen molar-refractivity contribution in [2.45, 2.75) is 31.0 Å². The molecule has 92 valence electrons. The van der Waals surface area contributed by atoms with E-state index in [0.29, 0.717) is 4.83 Å². The Bertz CT molecular complexity index is 419. The summed E-state index contributed by atoms with van der Waals surface area (Å²) in [4.78, 5) is 0.528. The van der Waals surface area contributed by atoms with Crippen molar-refractivity contribution in [3.8, 4) is 5.75 Å². The summed E-state index contributed by atoms with van der Waals surface area (Å²) in [6.07, 6.45) is 4.34. The third kappa shape index (κ3) is 2.12. The molecular weight excluding hydrogens is 276 g/mol. The van der Waals surface area contributed by atoms with Gasteiger partial charge in [-0.1, -0.05) is 28.1 Å². The Labute approximate surface area is 112 Å². The Balaban J connectivity index is 1.76. The highest BCUT2D eigenvalue weighted by atomic mass is 79.9. The molecule has 0 radical (unpaired) electrons. The summed E-state index contributed by atoms with van der Waals surface area (Å²) in [7, 11) is 1.73. The molecule has 2 heteroatoms. The van der Waals surface area contributed by atoms with Crippen LogP contribution in [-0.4, -0.2) is 7.11 Å². The zero-order chi connectivity index (χ0) is 12.0. The maximum atomic E-state index is 5.31. The number of hydrogen-bond acceptors (Lipinski definition) is 1. The quantitative estimate of drug-likeness (QED) is 0.747. The molecular formula is C15H19BrO. The smallest absolute Gasteiger partial charge is 0.121 e. The first-order valence-corrected chi connectivity index (χ1v) is 7.39. The first-order valence-electron chi connectivity index (χ1n) is 6.47. The minimum atomic E-state index is 0.528. The Morgan fingerprint density at radius 3 is 2.53 bits per heavy atom. The minimum absolute atomic E-state index is 0.528. The molecule has 1 aromatic carbocycles. The standard InChI is InChI=1S/C15H19BrO/c1-9-5-10(3-4-14(9)17-2)15(16)13-7-11-6-12(11)8-13/h3-5,11-13,15H,6-8H2,1-2H3. The van der Waals surface area contributed by atoms with E-state index in [2.05, 4.69) is 41.1 Å². The molecule has 0 bridgehead atoms. The third-order valence-electron chi connectivity index (χ3n) is 4.43. The molecule has 2 fully saturated rings. The van der Waals surface area contributed by atoms with Crippen LogP contribution in [-0.2, 0) is 0 Å². The second-order valence-electron chi connectivity index (χ2n) is 5.62. The predicted octanol–water partition coefficient (Wildman–Crippen LogP) is 4.49. The fourth-order valence-corrected chi connectivity index (χ4v) is 4.06. The van der Waals surface area contributed by atoms with Gasteiger partial charge in [0.1, 0.15) is 5.75 Å². The van der Waals surface area contributed by atoms with Gasteiger partial charge in [0.25, 0.3) is 0 Å². The van der Waals surface area contributed by atoms with Crippen molar-refractivity contribution in [2.75, 3.05) is 7.11 Å². The van der Waals surface area contributed by atoms with Crippen LogP contribution in [0.4, 0.5) is 0 Å². The Hall–Kier alpha value is -0.500. The third-order valence-corrected chi connectivity index (χ3v) is 5.71. The van der Waals surface area contributed by atoms with Crippen LogP contribution < -0.4 is 4.74 Å². The SMILES string of the molecule is COc1ccc(C(Br)C2CC3CC3C2)cc1C. The number of ether oxygens (including phenoxy) is 1. The summed E-state index contributed by atoms with van der Waals surface area (Å²) < 4.78 is 5.31. The van der Waals surface area contributed by atoms with Crippen molar-refractivity contribution in [1.82, 2.24) is 0 Å². The van der Waals surface area contributed by atoms with Crippen molar-refractivity contribution < 1.29 is 4.74 Å². The highest BCUT2D eigenvalue weighted by Crippen LogP contribution is 2.58. The Morgan fingerprint density at radius 1 is 1.24 bits per heavy atom. The van der Waals surface area contributed by atoms with E-state index in [1.54, 1.807) is 7.11 Å². The Morgan fingerprint density at radius 2 is 1.94 bits per heavy atom. The van der Waals surface area contributed by atoms with Crippen LogP contribution in [0.3, 0.4) is 0 Å². The highest BCUT2D eigenvalue weighted by Gasteiger charge is 2.47. The summed E-state index contributed by atoms with van der Waals surface area (Å²) >= 11 is 3.90. The number of aryl methyl sites for hydroxylation is 1. The molecule has 0 aromatic heterocycles. The number of rotatable bonds is 3. The van der Waals surface area contributed by atoms with Gasteiger partial charge in [0, 0.05) is 4.83 Å². The van der Waals surface area contributed by atoms with E-state index in [4.69, 9.17) is 4.74 Å². The molecule has 3 atom stereocenters. The van der Waals surface area contributed by atoms with E-state index < -0.39 is 0 Å². The van der Waals surface area contributed by atoms with E-state index in [1.807, 2.05) is 0 Å². The van der Waals surface area contributed by atoms with Gasteiger partial charge >= 0.3 is 0 Å². The van der Waals surface area contributed by atoms with Crippen molar-refractivity contribution in [2.24, 2.45) is 17.8 Å². The second-order valence-corrected chi connectivity index (χ2v) is 6.60. The minimum Gasteiger partial charge on any atom is -0.496 e. The van der Waals surface area contributed by atoms with Gasteiger partial charge in [-0.3, -0.25) is 0 Å². The average Bonchev–Trinajstić information content (AvgIpc) is 2.95. The van der Waals surface area contributed by atoms with Gasteiger partial charge in [-0.05, 0) is 61.1 Å². The Kier molecular flexibility index (Phi) is 2.94. The number of hydrogen-bond donors (Lipinski definition) is 0. The van der Waals surface area contributed by atoms with Gasteiger partial charge in [-0.2, -0.15) is 0 Å². The van der Waals surface area contributed by atoms with Gasteiger partial charge in [0.05, 0.1) is 7.11 Å². The normalized spacial score (nSPS) is 32.1.